The minimum atomic E-state index is -0.0352. The normalized spacial score (nSPS) is 12.6. The highest BCUT2D eigenvalue weighted by Gasteiger charge is 2.25. The molecule has 1 N–H and O–H groups in total. The van der Waals surface area contributed by atoms with E-state index >= 15 is 0 Å². The van der Waals surface area contributed by atoms with Crippen molar-refractivity contribution in [2.24, 2.45) is 5.41 Å². The van der Waals surface area contributed by atoms with Gasteiger partial charge in [0.15, 0.2) is 5.78 Å². The van der Waals surface area contributed by atoms with Crippen LogP contribution in [0.1, 0.15) is 62.5 Å². The highest BCUT2D eigenvalue weighted by atomic mass is 16.1. The summed E-state index contributed by atoms with van der Waals surface area (Å²) in [5.41, 5.74) is 3.30. The molecule has 0 atom stereocenters. The molecule has 1 aromatic rings. The summed E-state index contributed by atoms with van der Waals surface area (Å²) in [6.07, 6.45) is 1.03. The van der Waals surface area contributed by atoms with Crippen LogP contribution in [0.15, 0.2) is 18.2 Å². The summed E-state index contributed by atoms with van der Waals surface area (Å²) < 4.78 is 0. The summed E-state index contributed by atoms with van der Waals surface area (Å²) in [5.74, 6) is 0.171. The van der Waals surface area contributed by atoms with Crippen LogP contribution in [0.2, 0.25) is 0 Å². The van der Waals surface area contributed by atoms with E-state index in [0.717, 1.165) is 17.5 Å². The van der Waals surface area contributed by atoms with Crippen LogP contribution in [-0.2, 0) is 0 Å². The predicted octanol–water partition coefficient (Wildman–Crippen LogP) is 4.29. The third kappa shape index (κ3) is 5.46. The largest absolute Gasteiger partial charge is 0.305 e. The fourth-order valence-electron chi connectivity index (χ4n) is 2.93. The van der Waals surface area contributed by atoms with Gasteiger partial charge in [0.1, 0.15) is 0 Å². The molecule has 0 amide bonds. The Hall–Kier alpha value is -1.15. The van der Waals surface area contributed by atoms with Gasteiger partial charge in [0.25, 0.3) is 0 Å². The van der Waals surface area contributed by atoms with E-state index in [0.29, 0.717) is 6.54 Å². The number of benzene rings is 1. The van der Waals surface area contributed by atoms with E-state index in [9.17, 15) is 4.79 Å². The van der Waals surface area contributed by atoms with E-state index in [4.69, 9.17) is 0 Å². The van der Waals surface area contributed by atoms with E-state index in [2.05, 4.69) is 46.0 Å². The Morgan fingerprint density at radius 3 is 2.20 bits per heavy atom. The summed E-state index contributed by atoms with van der Waals surface area (Å²) in [6, 6.07) is 6.00. The molecule has 0 heterocycles. The van der Waals surface area contributed by atoms with E-state index in [1.54, 1.807) is 0 Å². The topological polar surface area (TPSA) is 29.1 Å². The van der Waals surface area contributed by atoms with Gasteiger partial charge < -0.3 is 5.32 Å². The van der Waals surface area contributed by atoms with Gasteiger partial charge in [-0.1, -0.05) is 44.5 Å². The Labute approximate surface area is 124 Å². The van der Waals surface area contributed by atoms with E-state index in [1.165, 1.54) is 5.56 Å². The Balaban J connectivity index is 2.67. The number of aryl methyl sites for hydroxylation is 2. The van der Waals surface area contributed by atoms with E-state index < -0.39 is 0 Å². The van der Waals surface area contributed by atoms with Crippen LogP contribution in [0.3, 0.4) is 0 Å². The average molecular weight is 275 g/mol. The number of ketones is 1. The molecule has 112 valence electrons. The first kappa shape index (κ1) is 16.9. The molecule has 0 aliphatic carbocycles. The van der Waals surface area contributed by atoms with Crippen molar-refractivity contribution in [3.63, 3.8) is 0 Å². The highest BCUT2D eigenvalue weighted by molar-refractivity contribution is 5.99. The third-order valence-corrected chi connectivity index (χ3v) is 3.38. The zero-order valence-corrected chi connectivity index (χ0v) is 14.1. The molecule has 0 saturated heterocycles. The summed E-state index contributed by atoms with van der Waals surface area (Å²) >= 11 is 0. The first-order chi connectivity index (χ1) is 9.00. The van der Waals surface area contributed by atoms with Crippen molar-refractivity contribution >= 4 is 5.78 Å². The minimum Gasteiger partial charge on any atom is -0.305 e. The number of hydrogen-bond acceptors (Lipinski definition) is 2. The number of rotatable bonds is 5. The van der Waals surface area contributed by atoms with Crippen LogP contribution in [0.5, 0.6) is 0 Å². The maximum atomic E-state index is 12.3. The fourth-order valence-corrected chi connectivity index (χ4v) is 2.93. The standard InChI is InChI=1S/C18H29NO/c1-13-8-9-15(14(2)10-13)16(20)11-19-18(6,7)12-17(3,4)5/h8-10,19H,11-12H2,1-7H3. The quantitative estimate of drug-likeness (QED) is 0.812. The van der Waals surface area contributed by atoms with Crippen LogP contribution < -0.4 is 5.32 Å². The van der Waals surface area contributed by atoms with Gasteiger partial charge in [-0.3, -0.25) is 4.79 Å². The highest BCUT2D eigenvalue weighted by Crippen LogP contribution is 2.26. The summed E-state index contributed by atoms with van der Waals surface area (Å²) in [6.45, 7) is 15.4. The van der Waals surface area contributed by atoms with Crippen LogP contribution in [0.25, 0.3) is 0 Å². The molecule has 1 aromatic carbocycles. The summed E-state index contributed by atoms with van der Waals surface area (Å²) in [7, 11) is 0. The molecule has 0 spiro atoms. The Morgan fingerprint density at radius 1 is 1.10 bits per heavy atom. The second kappa shape index (κ2) is 6.09. The molecule has 0 radical (unpaired) electrons. The molecule has 0 unspecified atom stereocenters. The number of hydrogen-bond donors (Lipinski definition) is 1. The summed E-state index contributed by atoms with van der Waals surface area (Å²) in [5, 5.41) is 3.41. The Kier molecular flexibility index (Phi) is 5.15. The molecule has 20 heavy (non-hydrogen) atoms. The van der Waals surface area contributed by atoms with Gasteiger partial charge in [-0.15, -0.1) is 0 Å². The van der Waals surface area contributed by atoms with Crippen LogP contribution >= 0.6 is 0 Å². The van der Waals surface area contributed by atoms with Crippen LogP contribution in [0.4, 0.5) is 0 Å². The lowest BCUT2D eigenvalue weighted by atomic mass is 9.81. The number of Topliss-reactive ketones (excluding diaryl/α,β-unsaturated/α-hetero) is 1. The third-order valence-electron chi connectivity index (χ3n) is 3.38. The number of nitrogens with one attached hydrogen (secondary N) is 1. The van der Waals surface area contributed by atoms with Crippen molar-refractivity contribution < 1.29 is 4.79 Å². The molecule has 0 aliphatic heterocycles. The molecule has 0 aliphatic rings. The maximum Gasteiger partial charge on any atom is 0.176 e. The molecule has 0 bridgehead atoms. The minimum absolute atomic E-state index is 0.0352. The first-order valence-corrected chi connectivity index (χ1v) is 7.36. The first-order valence-electron chi connectivity index (χ1n) is 7.36. The van der Waals surface area contributed by atoms with Crippen molar-refractivity contribution in [1.82, 2.24) is 5.32 Å². The monoisotopic (exact) mass is 275 g/mol. The zero-order valence-electron chi connectivity index (χ0n) is 14.1. The SMILES string of the molecule is Cc1ccc(C(=O)CNC(C)(C)CC(C)(C)C)c(C)c1. The molecule has 0 aromatic heterocycles. The van der Waals surface area contributed by atoms with E-state index in [1.807, 2.05) is 26.0 Å². The van der Waals surface area contributed by atoms with Gasteiger partial charge in [-0.25, -0.2) is 0 Å². The lowest BCUT2D eigenvalue weighted by molar-refractivity contribution is 0.0972. The lowest BCUT2D eigenvalue weighted by Gasteiger charge is -2.33. The molecule has 2 heteroatoms. The van der Waals surface area contributed by atoms with Crippen LogP contribution in [0, 0.1) is 19.3 Å². The van der Waals surface area contributed by atoms with Gasteiger partial charge in [-0.05, 0) is 45.1 Å². The average Bonchev–Trinajstić information content (AvgIpc) is 2.22. The van der Waals surface area contributed by atoms with Crippen molar-refractivity contribution in [3.8, 4) is 0 Å². The van der Waals surface area contributed by atoms with Crippen molar-refractivity contribution in [2.45, 2.75) is 60.4 Å². The van der Waals surface area contributed by atoms with Crippen LogP contribution in [-0.4, -0.2) is 17.9 Å². The van der Waals surface area contributed by atoms with Crippen molar-refractivity contribution in [3.05, 3.63) is 34.9 Å². The zero-order chi connectivity index (χ0) is 15.6. The molecule has 0 saturated carbocycles. The fraction of sp³-hybridized carbons (Fsp3) is 0.611. The number of carbonyl (C=O) groups excluding carboxylic acids is 1. The second-order valence-corrected chi connectivity index (χ2v) is 7.72. The van der Waals surface area contributed by atoms with Gasteiger partial charge in [0.05, 0.1) is 6.54 Å². The molecular weight excluding hydrogens is 246 g/mol. The lowest BCUT2D eigenvalue weighted by Crippen LogP contribution is -2.44. The smallest absolute Gasteiger partial charge is 0.176 e. The van der Waals surface area contributed by atoms with E-state index in [-0.39, 0.29) is 16.7 Å². The number of carbonyl (C=O) groups is 1. The molecule has 0 fully saturated rings. The molecular formula is C18H29NO. The molecule has 1 rings (SSSR count). The van der Waals surface area contributed by atoms with Crippen molar-refractivity contribution in [2.75, 3.05) is 6.54 Å². The van der Waals surface area contributed by atoms with Gasteiger partial charge in [-0.2, -0.15) is 0 Å². The van der Waals surface area contributed by atoms with Gasteiger partial charge in [0.2, 0.25) is 0 Å². The van der Waals surface area contributed by atoms with Gasteiger partial charge in [0, 0.05) is 11.1 Å². The maximum absolute atomic E-state index is 12.3. The van der Waals surface area contributed by atoms with Crippen molar-refractivity contribution in [1.29, 1.82) is 0 Å². The Bertz CT molecular complexity index is 481. The summed E-state index contributed by atoms with van der Waals surface area (Å²) in [4.78, 5) is 12.3. The van der Waals surface area contributed by atoms with Gasteiger partial charge >= 0.3 is 0 Å². The Morgan fingerprint density at radius 2 is 1.70 bits per heavy atom. The second-order valence-electron chi connectivity index (χ2n) is 7.72. The molecule has 2 nitrogen and oxygen atoms in total. The predicted molar refractivity (Wildman–Crippen MR) is 86.4 cm³/mol.